The van der Waals surface area contributed by atoms with Crippen molar-refractivity contribution >= 4 is 17.1 Å². The maximum Gasteiger partial charge on any atom is 0.215 e. The van der Waals surface area contributed by atoms with Gasteiger partial charge in [0, 0.05) is 6.07 Å². The van der Waals surface area contributed by atoms with Crippen LogP contribution in [0.2, 0.25) is 0 Å². The summed E-state index contributed by atoms with van der Waals surface area (Å²) < 4.78 is 7.00. The van der Waals surface area contributed by atoms with Crippen LogP contribution in [0.4, 0.5) is 5.95 Å². The number of benzene rings is 1. The molecule has 0 atom stereocenters. The molecular formula is C15H16N4O. The Morgan fingerprint density at radius 1 is 1.10 bits per heavy atom. The summed E-state index contributed by atoms with van der Waals surface area (Å²) >= 11 is 0. The summed E-state index contributed by atoms with van der Waals surface area (Å²) in [6.45, 7) is 2.13. The molecule has 0 spiro atoms. The van der Waals surface area contributed by atoms with Crippen molar-refractivity contribution in [1.29, 1.82) is 0 Å². The number of nitrogen functional groups attached to an aromatic ring is 1. The number of imidazole rings is 1. The summed E-state index contributed by atoms with van der Waals surface area (Å²) in [5.41, 5.74) is 9.70. The van der Waals surface area contributed by atoms with Gasteiger partial charge in [0.1, 0.15) is 5.52 Å². The Bertz CT molecular complexity index is 746. The Balaban J connectivity index is 2.20. The van der Waals surface area contributed by atoms with Crippen LogP contribution in [-0.2, 0) is 6.42 Å². The second-order valence-corrected chi connectivity index (χ2v) is 4.52. The predicted octanol–water partition coefficient (Wildman–Crippen LogP) is 2.57. The Labute approximate surface area is 117 Å². The smallest absolute Gasteiger partial charge is 0.215 e. The molecule has 2 aromatic heterocycles. The van der Waals surface area contributed by atoms with E-state index in [4.69, 9.17) is 10.5 Å². The molecule has 0 radical (unpaired) electrons. The van der Waals surface area contributed by atoms with E-state index in [1.165, 1.54) is 5.56 Å². The van der Waals surface area contributed by atoms with Crippen molar-refractivity contribution in [2.45, 2.75) is 13.3 Å². The highest BCUT2D eigenvalue weighted by Crippen LogP contribution is 2.23. The van der Waals surface area contributed by atoms with Crippen molar-refractivity contribution in [3.8, 4) is 11.6 Å². The van der Waals surface area contributed by atoms with Gasteiger partial charge in [-0.2, -0.15) is 4.98 Å². The van der Waals surface area contributed by atoms with Gasteiger partial charge in [-0.1, -0.05) is 19.1 Å². The van der Waals surface area contributed by atoms with E-state index in [0.717, 1.165) is 17.6 Å². The third-order valence-corrected chi connectivity index (χ3v) is 3.32. The highest BCUT2D eigenvalue weighted by atomic mass is 16.5. The lowest BCUT2D eigenvalue weighted by Crippen LogP contribution is -2.02. The van der Waals surface area contributed by atoms with Crippen molar-refractivity contribution in [2.24, 2.45) is 0 Å². The van der Waals surface area contributed by atoms with Crippen molar-refractivity contribution in [2.75, 3.05) is 12.8 Å². The van der Waals surface area contributed by atoms with E-state index < -0.39 is 0 Å². The fraction of sp³-hybridized carbons (Fsp3) is 0.200. The first-order valence-corrected chi connectivity index (χ1v) is 6.51. The quantitative estimate of drug-likeness (QED) is 0.792. The first kappa shape index (κ1) is 12.5. The Morgan fingerprint density at radius 2 is 1.85 bits per heavy atom. The molecule has 2 heterocycles. The van der Waals surface area contributed by atoms with Gasteiger partial charge in [0.05, 0.1) is 12.8 Å². The summed E-state index contributed by atoms with van der Waals surface area (Å²) in [7, 11) is 1.59. The Morgan fingerprint density at radius 3 is 2.50 bits per heavy atom. The van der Waals surface area contributed by atoms with Crippen molar-refractivity contribution in [3.05, 3.63) is 42.0 Å². The number of nitrogens with two attached hydrogens (primary N) is 1. The topological polar surface area (TPSA) is 66.0 Å². The number of rotatable bonds is 3. The van der Waals surface area contributed by atoms with Gasteiger partial charge in [-0.25, -0.2) is 4.98 Å². The summed E-state index contributed by atoms with van der Waals surface area (Å²) in [6, 6.07) is 11.9. The van der Waals surface area contributed by atoms with E-state index in [-0.39, 0.29) is 0 Å². The van der Waals surface area contributed by atoms with E-state index in [2.05, 4.69) is 29.0 Å². The molecule has 5 heteroatoms. The lowest BCUT2D eigenvalue weighted by molar-refractivity contribution is 0.399. The number of hydrogen-bond donors (Lipinski definition) is 1. The average molecular weight is 268 g/mol. The number of ether oxygens (including phenoxy) is 1. The summed E-state index contributed by atoms with van der Waals surface area (Å²) in [5.74, 6) is 0.967. The third kappa shape index (κ3) is 1.97. The summed E-state index contributed by atoms with van der Waals surface area (Å²) in [4.78, 5) is 8.76. The van der Waals surface area contributed by atoms with Gasteiger partial charge in [-0.15, -0.1) is 0 Å². The van der Waals surface area contributed by atoms with Crippen LogP contribution in [0.15, 0.2) is 36.4 Å². The SMILES string of the molecule is CCc1ccc(-n2c(N)nc3ccc(OC)nc32)cc1. The fourth-order valence-electron chi connectivity index (χ4n) is 2.21. The molecule has 1 aromatic carbocycles. The maximum absolute atomic E-state index is 6.02. The van der Waals surface area contributed by atoms with Crippen molar-refractivity contribution in [1.82, 2.24) is 14.5 Å². The van der Waals surface area contributed by atoms with Gasteiger partial charge in [0.25, 0.3) is 0 Å². The van der Waals surface area contributed by atoms with E-state index in [1.807, 2.05) is 22.8 Å². The molecule has 0 amide bonds. The minimum Gasteiger partial charge on any atom is -0.481 e. The minimum atomic E-state index is 0.421. The van der Waals surface area contributed by atoms with Crippen molar-refractivity contribution < 1.29 is 4.74 Å². The number of hydrogen-bond acceptors (Lipinski definition) is 4. The van der Waals surface area contributed by atoms with E-state index >= 15 is 0 Å². The van der Waals surface area contributed by atoms with Gasteiger partial charge in [-0.05, 0) is 30.2 Å². The van der Waals surface area contributed by atoms with Crippen LogP contribution in [0, 0.1) is 0 Å². The number of methoxy groups -OCH3 is 1. The zero-order chi connectivity index (χ0) is 14.1. The first-order chi connectivity index (χ1) is 9.72. The molecule has 0 unspecified atom stereocenters. The molecule has 0 aliphatic heterocycles. The van der Waals surface area contributed by atoms with Crippen LogP contribution in [0.1, 0.15) is 12.5 Å². The molecule has 3 rings (SSSR count). The highest BCUT2D eigenvalue weighted by Gasteiger charge is 2.12. The number of fused-ring (bicyclic) bond motifs is 1. The highest BCUT2D eigenvalue weighted by molar-refractivity contribution is 5.77. The molecule has 0 bridgehead atoms. The minimum absolute atomic E-state index is 0.421. The molecule has 20 heavy (non-hydrogen) atoms. The summed E-state index contributed by atoms with van der Waals surface area (Å²) in [5, 5.41) is 0. The second-order valence-electron chi connectivity index (χ2n) is 4.52. The van der Waals surface area contributed by atoms with Crippen LogP contribution >= 0.6 is 0 Å². The summed E-state index contributed by atoms with van der Waals surface area (Å²) in [6.07, 6.45) is 1.01. The standard InChI is InChI=1S/C15H16N4O/c1-3-10-4-6-11(7-5-10)19-14-12(17-15(19)16)8-9-13(18-14)20-2/h4-9H,3H2,1-2H3,(H2,16,17). The number of aromatic nitrogens is 3. The lowest BCUT2D eigenvalue weighted by atomic mass is 10.1. The van der Waals surface area contributed by atoms with Crippen LogP contribution in [0.5, 0.6) is 5.88 Å². The van der Waals surface area contributed by atoms with Gasteiger partial charge in [0.2, 0.25) is 11.8 Å². The number of nitrogens with zero attached hydrogens (tertiary/aromatic N) is 3. The molecule has 0 fully saturated rings. The number of aryl methyl sites for hydroxylation is 1. The second kappa shape index (κ2) is 4.85. The Hall–Kier alpha value is -2.56. The van der Waals surface area contributed by atoms with Crippen molar-refractivity contribution in [3.63, 3.8) is 0 Å². The molecule has 2 N–H and O–H groups in total. The molecule has 5 nitrogen and oxygen atoms in total. The molecule has 0 aliphatic rings. The van der Waals surface area contributed by atoms with E-state index in [9.17, 15) is 0 Å². The molecule has 0 saturated carbocycles. The van der Waals surface area contributed by atoms with Crippen LogP contribution in [-0.4, -0.2) is 21.6 Å². The van der Waals surface area contributed by atoms with Crippen LogP contribution in [0.3, 0.4) is 0 Å². The molecular weight excluding hydrogens is 252 g/mol. The normalized spacial score (nSPS) is 10.9. The van der Waals surface area contributed by atoms with E-state index in [0.29, 0.717) is 17.5 Å². The molecule has 0 aliphatic carbocycles. The zero-order valence-corrected chi connectivity index (χ0v) is 11.5. The number of pyridine rings is 1. The van der Waals surface area contributed by atoms with Gasteiger partial charge in [0.15, 0.2) is 5.65 Å². The van der Waals surface area contributed by atoms with E-state index in [1.54, 1.807) is 13.2 Å². The third-order valence-electron chi connectivity index (χ3n) is 3.32. The molecule has 102 valence electrons. The largest absolute Gasteiger partial charge is 0.481 e. The Kier molecular flexibility index (Phi) is 3.02. The lowest BCUT2D eigenvalue weighted by Gasteiger charge is -2.07. The maximum atomic E-state index is 6.02. The first-order valence-electron chi connectivity index (χ1n) is 6.51. The predicted molar refractivity (Wildman–Crippen MR) is 79.2 cm³/mol. The molecule has 3 aromatic rings. The monoisotopic (exact) mass is 268 g/mol. The fourth-order valence-corrected chi connectivity index (χ4v) is 2.21. The van der Waals surface area contributed by atoms with Crippen LogP contribution in [0.25, 0.3) is 16.9 Å². The molecule has 0 saturated heterocycles. The van der Waals surface area contributed by atoms with Gasteiger partial charge in [-0.3, -0.25) is 4.57 Å². The zero-order valence-electron chi connectivity index (χ0n) is 11.5. The van der Waals surface area contributed by atoms with Crippen LogP contribution < -0.4 is 10.5 Å². The van der Waals surface area contributed by atoms with Gasteiger partial charge >= 0.3 is 0 Å². The number of anilines is 1. The van der Waals surface area contributed by atoms with Gasteiger partial charge < -0.3 is 10.5 Å². The average Bonchev–Trinajstić information content (AvgIpc) is 2.82.